The average molecular weight is 726 g/mol. The second-order valence-corrected chi connectivity index (χ2v) is 17.1. The quantitative estimate of drug-likeness (QED) is 0.275. The molecule has 6 rings (SSSR count). The summed E-state index contributed by atoms with van der Waals surface area (Å²) in [7, 11) is -2.32. The molecular formula is C36H47N5O9S. The van der Waals surface area contributed by atoms with E-state index in [1.54, 1.807) is 40.1 Å². The molecule has 4 fully saturated rings. The van der Waals surface area contributed by atoms with E-state index in [2.05, 4.69) is 26.9 Å². The molecule has 0 radical (unpaired) electrons. The van der Waals surface area contributed by atoms with Gasteiger partial charge in [-0.2, -0.15) is 0 Å². The van der Waals surface area contributed by atoms with Crippen LogP contribution in [0, 0.1) is 11.3 Å². The fraction of sp³-hybridized carbons (Fsp3) is 0.583. The van der Waals surface area contributed by atoms with Gasteiger partial charge >= 0.3 is 6.09 Å². The number of likely N-dealkylation sites (tertiary alicyclic amines) is 1. The normalized spacial score (nSPS) is 25.5. The summed E-state index contributed by atoms with van der Waals surface area (Å²) in [6, 6.07) is 5.04. The Balaban J connectivity index is 1.27. The van der Waals surface area contributed by atoms with Crippen LogP contribution in [0.15, 0.2) is 43.1 Å². The van der Waals surface area contributed by atoms with E-state index in [1.807, 2.05) is 18.2 Å². The van der Waals surface area contributed by atoms with Gasteiger partial charge in [-0.3, -0.25) is 19.1 Å². The van der Waals surface area contributed by atoms with Crippen LogP contribution in [-0.4, -0.2) is 90.9 Å². The van der Waals surface area contributed by atoms with Crippen molar-refractivity contribution in [2.45, 2.75) is 107 Å². The minimum atomic E-state index is -3.89. The number of rotatable bonds is 12. The molecule has 5 atom stereocenters. The largest absolute Gasteiger partial charge is 0.497 e. The maximum atomic E-state index is 14.5. The van der Waals surface area contributed by atoms with Crippen molar-refractivity contribution in [1.82, 2.24) is 25.2 Å². The predicted molar refractivity (Wildman–Crippen MR) is 187 cm³/mol. The molecule has 2 aromatic rings. The number of methoxy groups -OCH3 is 1. The summed E-state index contributed by atoms with van der Waals surface area (Å²) in [4.78, 5) is 61.0. The molecule has 0 bridgehead atoms. The predicted octanol–water partition coefficient (Wildman–Crippen LogP) is 3.34. The Bertz CT molecular complexity index is 1820. The number of alkyl carbamates (subject to hydrolysis) is 1. The molecule has 276 valence electrons. The first kappa shape index (κ1) is 36.4. The zero-order chi connectivity index (χ0) is 36.7. The summed E-state index contributed by atoms with van der Waals surface area (Å²) < 4.78 is 44.9. The lowest BCUT2D eigenvalue weighted by atomic mass is 9.85. The number of hydrogen-bond donors (Lipinski definition) is 3. The second kappa shape index (κ2) is 14.0. The van der Waals surface area contributed by atoms with E-state index in [0.29, 0.717) is 29.9 Å². The SMILES string of the molecule is C=C[C@@H]1CC1(NC(=O)[C@@H]1CC(Oc2nccc3cc(OC)ccc23)CN1C(=O)[C@@H](NC(=O)OC1CCCC1)C(C)(C)C)C(=O)NS(=O)(=O)C1CC1. The number of sulfonamides is 1. The number of nitrogens with one attached hydrogen (secondary N) is 3. The Kier molecular flexibility index (Phi) is 9.96. The van der Waals surface area contributed by atoms with Crippen molar-refractivity contribution in [2.75, 3.05) is 13.7 Å². The Morgan fingerprint density at radius 3 is 2.43 bits per heavy atom. The van der Waals surface area contributed by atoms with Crippen molar-refractivity contribution < 1.29 is 41.8 Å². The van der Waals surface area contributed by atoms with E-state index in [9.17, 15) is 27.6 Å². The zero-order valence-electron chi connectivity index (χ0n) is 29.5. The Hall–Kier alpha value is -4.40. The van der Waals surface area contributed by atoms with Crippen molar-refractivity contribution in [3.63, 3.8) is 0 Å². The van der Waals surface area contributed by atoms with Crippen LogP contribution < -0.4 is 24.8 Å². The first-order chi connectivity index (χ1) is 24.1. The number of carbonyl (C=O) groups is 4. The molecule has 51 heavy (non-hydrogen) atoms. The minimum absolute atomic E-state index is 0.0305. The number of amides is 4. The summed E-state index contributed by atoms with van der Waals surface area (Å²) in [5, 5.41) is 6.44. The number of fused-ring (bicyclic) bond motifs is 1. The number of aromatic nitrogens is 1. The van der Waals surface area contributed by atoms with Crippen LogP contribution in [-0.2, 0) is 29.1 Å². The molecule has 1 aromatic carbocycles. The summed E-state index contributed by atoms with van der Waals surface area (Å²) in [6.45, 7) is 9.15. The van der Waals surface area contributed by atoms with Crippen LogP contribution in [0.4, 0.5) is 4.79 Å². The van der Waals surface area contributed by atoms with Gasteiger partial charge in [-0.15, -0.1) is 6.58 Å². The van der Waals surface area contributed by atoms with E-state index in [1.165, 1.54) is 11.0 Å². The molecular weight excluding hydrogens is 678 g/mol. The van der Waals surface area contributed by atoms with Crippen molar-refractivity contribution in [3.8, 4) is 11.6 Å². The number of benzene rings is 1. The summed E-state index contributed by atoms with van der Waals surface area (Å²) >= 11 is 0. The molecule has 0 spiro atoms. The highest BCUT2D eigenvalue weighted by Gasteiger charge is 2.62. The fourth-order valence-electron chi connectivity index (χ4n) is 7.03. The second-order valence-electron chi connectivity index (χ2n) is 15.1. The van der Waals surface area contributed by atoms with Gasteiger partial charge in [0.2, 0.25) is 27.7 Å². The van der Waals surface area contributed by atoms with Crippen LogP contribution in [0.5, 0.6) is 11.6 Å². The number of nitrogens with zero attached hydrogens (tertiary/aromatic N) is 2. The highest BCUT2D eigenvalue weighted by Crippen LogP contribution is 2.45. The highest BCUT2D eigenvalue weighted by atomic mass is 32.2. The van der Waals surface area contributed by atoms with Crippen LogP contribution >= 0.6 is 0 Å². The highest BCUT2D eigenvalue weighted by molar-refractivity contribution is 7.91. The molecule has 15 heteroatoms. The molecule has 4 aliphatic rings. The van der Waals surface area contributed by atoms with E-state index in [-0.39, 0.29) is 25.5 Å². The first-order valence-corrected chi connectivity index (χ1v) is 19.1. The lowest BCUT2D eigenvalue weighted by Gasteiger charge is -2.35. The van der Waals surface area contributed by atoms with Gasteiger partial charge in [0.1, 0.15) is 35.6 Å². The van der Waals surface area contributed by atoms with Crippen LogP contribution in [0.1, 0.15) is 72.1 Å². The van der Waals surface area contributed by atoms with Gasteiger partial charge in [-0.05, 0) is 80.0 Å². The van der Waals surface area contributed by atoms with Gasteiger partial charge in [0.25, 0.3) is 5.91 Å². The van der Waals surface area contributed by atoms with Gasteiger partial charge in [0, 0.05) is 23.9 Å². The monoisotopic (exact) mass is 725 g/mol. The molecule has 3 saturated carbocycles. The van der Waals surface area contributed by atoms with Crippen molar-refractivity contribution in [3.05, 3.63) is 43.1 Å². The van der Waals surface area contributed by atoms with Gasteiger partial charge in [0.15, 0.2) is 0 Å². The molecule has 1 saturated heterocycles. The van der Waals surface area contributed by atoms with Crippen molar-refractivity contribution in [2.24, 2.45) is 11.3 Å². The number of hydrogen-bond acceptors (Lipinski definition) is 10. The molecule has 1 aromatic heterocycles. The average Bonchev–Trinajstić information content (AvgIpc) is 3.96. The maximum absolute atomic E-state index is 14.5. The van der Waals surface area contributed by atoms with E-state index in [4.69, 9.17) is 14.2 Å². The number of pyridine rings is 1. The van der Waals surface area contributed by atoms with Gasteiger partial charge < -0.3 is 29.7 Å². The van der Waals surface area contributed by atoms with Gasteiger partial charge in [0.05, 0.1) is 18.9 Å². The molecule has 2 unspecified atom stereocenters. The lowest BCUT2D eigenvalue weighted by molar-refractivity contribution is -0.143. The third-order valence-corrected chi connectivity index (χ3v) is 12.1. The molecule has 3 aliphatic carbocycles. The molecule has 1 aliphatic heterocycles. The van der Waals surface area contributed by atoms with Gasteiger partial charge in [-0.1, -0.05) is 26.8 Å². The molecule has 14 nitrogen and oxygen atoms in total. The third-order valence-electron chi connectivity index (χ3n) is 10.3. The summed E-state index contributed by atoms with van der Waals surface area (Å²) in [5.74, 6) is -1.58. The van der Waals surface area contributed by atoms with E-state index in [0.717, 1.165) is 31.1 Å². The Morgan fingerprint density at radius 1 is 1.08 bits per heavy atom. The smallest absolute Gasteiger partial charge is 0.408 e. The van der Waals surface area contributed by atoms with Crippen LogP contribution in [0.2, 0.25) is 0 Å². The summed E-state index contributed by atoms with van der Waals surface area (Å²) in [5.41, 5.74) is -2.33. The molecule has 4 amide bonds. The van der Waals surface area contributed by atoms with Crippen LogP contribution in [0.3, 0.4) is 0 Å². The summed E-state index contributed by atoms with van der Waals surface area (Å²) in [6.07, 6.45) is 6.00. The minimum Gasteiger partial charge on any atom is -0.497 e. The fourth-order valence-corrected chi connectivity index (χ4v) is 8.39. The topological polar surface area (TPSA) is 182 Å². The lowest BCUT2D eigenvalue weighted by Crippen LogP contribution is -2.60. The zero-order valence-corrected chi connectivity index (χ0v) is 30.3. The van der Waals surface area contributed by atoms with E-state index >= 15 is 0 Å². The number of carbonyl (C=O) groups excluding carboxylic acids is 4. The first-order valence-electron chi connectivity index (χ1n) is 17.5. The molecule has 2 heterocycles. The van der Waals surface area contributed by atoms with Crippen molar-refractivity contribution >= 4 is 44.6 Å². The maximum Gasteiger partial charge on any atom is 0.408 e. The number of ether oxygens (including phenoxy) is 3. The molecule has 3 N–H and O–H groups in total. The Morgan fingerprint density at radius 2 is 1.80 bits per heavy atom. The standard InChI is InChI=1S/C36H47N5O9S/c1-6-22-19-36(22,33(44)40-51(46,47)26-12-13-26)39-30(42)28-18-25(49-31-27-14-11-24(48-5)17-21(27)15-16-37-31)20-41(28)32(43)29(35(2,3)4)38-34(45)50-23-9-7-8-10-23/h6,11,14-17,22-23,25-26,28-29H,1,7-10,12-13,18-20H2,2-5H3,(H,38,45)(H,39,42)(H,40,44)/t22-,25?,28+,29-,36?/m1/s1. The van der Waals surface area contributed by atoms with Gasteiger partial charge in [-0.25, -0.2) is 18.2 Å². The van der Waals surface area contributed by atoms with Crippen molar-refractivity contribution in [1.29, 1.82) is 0 Å². The van der Waals surface area contributed by atoms with E-state index < -0.39 is 74.1 Å². The Labute approximate surface area is 298 Å². The third kappa shape index (κ3) is 7.77. The van der Waals surface area contributed by atoms with Crippen LogP contribution in [0.25, 0.3) is 10.8 Å².